The summed E-state index contributed by atoms with van der Waals surface area (Å²) in [6.07, 6.45) is 4.22. The number of amides is 1. The van der Waals surface area contributed by atoms with Gasteiger partial charge in [0, 0.05) is 13.2 Å². The number of anilines is 1. The molecule has 0 radical (unpaired) electrons. The van der Waals surface area contributed by atoms with Crippen LogP contribution in [-0.4, -0.2) is 30.4 Å². The number of nitrogens with zero attached hydrogens (tertiary/aromatic N) is 5. The fourth-order valence-corrected chi connectivity index (χ4v) is 2.53. The molecule has 0 aliphatic heterocycles. The molecule has 128 valence electrons. The fraction of sp³-hybridized carbons (Fsp3) is 0.188. The number of benzene rings is 1. The van der Waals surface area contributed by atoms with Gasteiger partial charge in [-0.25, -0.2) is 0 Å². The lowest BCUT2D eigenvalue weighted by Gasteiger charge is -2.04. The first-order valence-corrected chi connectivity index (χ1v) is 7.50. The first-order chi connectivity index (χ1) is 11.9. The predicted octanol–water partition coefficient (Wildman–Crippen LogP) is 2.13. The van der Waals surface area contributed by atoms with Crippen molar-refractivity contribution in [3.63, 3.8) is 0 Å². The molecule has 25 heavy (non-hydrogen) atoms. The van der Waals surface area contributed by atoms with E-state index in [1.807, 2.05) is 25.1 Å². The summed E-state index contributed by atoms with van der Waals surface area (Å²) in [4.78, 5) is 22.7. The van der Waals surface area contributed by atoms with E-state index in [0.29, 0.717) is 12.2 Å². The third kappa shape index (κ3) is 3.55. The third-order valence-corrected chi connectivity index (χ3v) is 3.65. The summed E-state index contributed by atoms with van der Waals surface area (Å²) in [7, 11) is 1.48. The first-order valence-electron chi connectivity index (χ1n) is 7.50. The number of aromatic nitrogens is 4. The average molecular weight is 340 g/mol. The zero-order chi connectivity index (χ0) is 18.0. The van der Waals surface area contributed by atoms with Crippen LogP contribution in [0.5, 0.6) is 0 Å². The molecule has 0 aliphatic carbocycles. The SMILES string of the molecule is Cc1cccc(Cn2cc(NC(=O)c3c([N+](=O)[O-])cnn3C)cn2)c1. The second-order valence-corrected chi connectivity index (χ2v) is 5.63. The summed E-state index contributed by atoms with van der Waals surface area (Å²) in [6.45, 7) is 2.57. The molecule has 0 saturated heterocycles. The Bertz CT molecular complexity index is 943. The molecule has 0 fully saturated rings. The van der Waals surface area contributed by atoms with Gasteiger partial charge in [0.25, 0.3) is 5.91 Å². The zero-order valence-corrected chi connectivity index (χ0v) is 13.7. The maximum absolute atomic E-state index is 12.3. The van der Waals surface area contributed by atoms with Gasteiger partial charge in [-0.1, -0.05) is 29.8 Å². The largest absolute Gasteiger partial charge is 0.320 e. The Morgan fingerprint density at radius 2 is 2.12 bits per heavy atom. The van der Waals surface area contributed by atoms with Crippen LogP contribution in [0, 0.1) is 17.0 Å². The van der Waals surface area contributed by atoms with Gasteiger partial charge in [-0.2, -0.15) is 10.2 Å². The second-order valence-electron chi connectivity index (χ2n) is 5.63. The molecule has 1 amide bonds. The molecule has 0 bridgehead atoms. The molecular weight excluding hydrogens is 324 g/mol. The molecule has 9 nitrogen and oxygen atoms in total. The van der Waals surface area contributed by atoms with Crippen molar-refractivity contribution in [3.05, 3.63) is 69.8 Å². The van der Waals surface area contributed by atoms with E-state index in [0.717, 1.165) is 17.3 Å². The van der Waals surface area contributed by atoms with Gasteiger partial charge in [0.15, 0.2) is 0 Å². The summed E-state index contributed by atoms with van der Waals surface area (Å²) < 4.78 is 2.85. The molecule has 3 aromatic rings. The van der Waals surface area contributed by atoms with Gasteiger partial charge in [0.1, 0.15) is 6.20 Å². The van der Waals surface area contributed by atoms with E-state index in [1.54, 1.807) is 10.9 Å². The van der Waals surface area contributed by atoms with Gasteiger partial charge in [0.05, 0.1) is 23.4 Å². The molecule has 1 aromatic carbocycles. The summed E-state index contributed by atoms with van der Waals surface area (Å²) in [5, 5.41) is 21.6. The van der Waals surface area contributed by atoms with Crippen LogP contribution in [0.1, 0.15) is 21.6 Å². The monoisotopic (exact) mass is 340 g/mol. The highest BCUT2D eigenvalue weighted by Crippen LogP contribution is 2.18. The molecule has 0 saturated carbocycles. The molecule has 0 spiro atoms. The lowest BCUT2D eigenvalue weighted by molar-refractivity contribution is -0.385. The van der Waals surface area contributed by atoms with E-state index in [2.05, 4.69) is 21.6 Å². The topological polar surface area (TPSA) is 108 Å². The Labute approximate surface area is 143 Å². The summed E-state index contributed by atoms with van der Waals surface area (Å²) in [5.74, 6) is -0.609. The molecule has 9 heteroatoms. The van der Waals surface area contributed by atoms with Crippen LogP contribution in [-0.2, 0) is 13.6 Å². The lowest BCUT2D eigenvalue weighted by atomic mass is 10.1. The van der Waals surface area contributed by atoms with Crippen molar-refractivity contribution in [1.29, 1.82) is 0 Å². The van der Waals surface area contributed by atoms with Gasteiger partial charge in [-0.15, -0.1) is 0 Å². The number of hydrogen-bond acceptors (Lipinski definition) is 5. The van der Waals surface area contributed by atoms with Gasteiger partial charge in [0.2, 0.25) is 5.69 Å². The van der Waals surface area contributed by atoms with Crippen LogP contribution in [0.3, 0.4) is 0 Å². The smallest absolute Gasteiger partial charge is 0.318 e. The van der Waals surface area contributed by atoms with Crippen molar-refractivity contribution in [3.8, 4) is 0 Å². The molecule has 2 aromatic heterocycles. The maximum atomic E-state index is 12.3. The Morgan fingerprint density at radius 1 is 1.32 bits per heavy atom. The van der Waals surface area contributed by atoms with E-state index in [9.17, 15) is 14.9 Å². The fourth-order valence-electron chi connectivity index (χ4n) is 2.53. The molecular formula is C16H16N6O3. The van der Waals surface area contributed by atoms with Crippen molar-refractivity contribution in [2.24, 2.45) is 7.05 Å². The Morgan fingerprint density at radius 3 is 2.84 bits per heavy atom. The van der Waals surface area contributed by atoms with Crippen LogP contribution in [0.4, 0.5) is 11.4 Å². The van der Waals surface area contributed by atoms with Crippen LogP contribution >= 0.6 is 0 Å². The first kappa shape index (κ1) is 16.4. The molecule has 0 atom stereocenters. The normalized spacial score (nSPS) is 10.6. The summed E-state index contributed by atoms with van der Waals surface area (Å²) in [5.41, 5.74) is 2.24. The van der Waals surface area contributed by atoms with Crippen molar-refractivity contribution in [2.75, 3.05) is 5.32 Å². The van der Waals surface area contributed by atoms with E-state index in [1.165, 1.54) is 17.9 Å². The van der Waals surface area contributed by atoms with Gasteiger partial charge >= 0.3 is 5.69 Å². The number of nitro groups is 1. The Balaban J connectivity index is 1.74. The van der Waals surface area contributed by atoms with Crippen molar-refractivity contribution < 1.29 is 9.72 Å². The van der Waals surface area contributed by atoms with Gasteiger partial charge in [-0.3, -0.25) is 24.3 Å². The highest BCUT2D eigenvalue weighted by Gasteiger charge is 2.25. The van der Waals surface area contributed by atoms with Crippen molar-refractivity contribution in [1.82, 2.24) is 19.6 Å². The maximum Gasteiger partial charge on any atom is 0.320 e. The standard InChI is InChI=1S/C16H16N6O3/c1-11-4-3-5-12(6-11)9-21-10-13(7-18-21)19-16(23)15-14(22(24)25)8-17-20(15)2/h3-8,10H,9H2,1-2H3,(H,19,23). The number of aryl methyl sites for hydroxylation is 2. The van der Waals surface area contributed by atoms with E-state index >= 15 is 0 Å². The minimum absolute atomic E-state index is 0.114. The highest BCUT2D eigenvalue weighted by atomic mass is 16.6. The van der Waals surface area contributed by atoms with Crippen LogP contribution in [0.2, 0.25) is 0 Å². The minimum Gasteiger partial charge on any atom is -0.318 e. The van der Waals surface area contributed by atoms with Crippen LogP contribution < -0.4 is 5.32 Å². The zero-order valence-electron chi connectivity index (χ0n) is 13.7. The molecule has 2 heterocycles. The number of hydrogen-bond donors (Lipinski definition) is 1. The number of carbonyl (C=O) groups excluding carboxylic acids is 1. The molecule has 3 rings (SSSR count). The predicted molar refractivity (Wildman–Crippen MR) is 90.3 cm³/mol. The third-order valence-electron chi connectivity index (χ3n) is 3.65. The van der Waals surface area contributed by atoms with Crippen LogP contribution in [0.15, 0.2) is 42.9 Å². The highest BCUT2D eigenvalue weighted by molar-refractivity contribution is 6.05. The van der Waals surface area contributed by atoms with E-state index < -0.39 is 10.8 Å². The minimum atomic E-state index is -0.636. The number of nitrogens with one attached hydrogen (secondary N) is 1. The van der Waals surface area contributed by atoms with Crippen molar-refractivity contribution >= 4 is 17.3 Å². The summed E-state index contributed by atoms with van der Waals surface area (Å²) in [6, 6.07) is 8.03. The van der Waals surface area contributed by atoms with E-state index in [-0.39, 0.29) is 11.4 Å². The lowest BCUT2D eigenvalue weighted by Crippen LogP contribution is -2.17. The average Bonchev–Trinajstić information content (AvgIpc) is 3.14. The Kier molecular flexibility index (Phi) is 4.29. The Hall–Kier alpha value is -3.49. The quantitative estimate of drug-likeness (QED) is 0.565. The second kappa shape index (κ2) is 6.56. The molecule has 0 unspecified atom stereocenters. The number of carbonyl (C=O) groups is 1. The van der Waals surface area contributed by atoms with Crippen LogP contribution in [0.25, 0.3) is 0 Å². The number of rotatable bonds is 5. The van der Waals surface area contributed by atoms with Crippen molar-refractivity contribution in [2.45, 2.75) is 13.5 Å². The van der Waals surface area contributed by atoms with Gasteiger partial charge < -0.3 is 5.32 Å². The van der Waals surface area contributed by atoms with Gasteiger partial charge in [-0.05, 0) is 12.5 Å². The molecule has 0 aliphatic rings. The summed E-state index contributed by atoms with van der Waals surface area (Å²) >= 11 is 0. The van der Waals surface area contributed by atoms with E-state index in [4.69, 9.17) is 0 Å². The molecule has 1 N–H and O–H groups in total.